The van der Waals surface area contributed by atoms with E-state index < -0.39 is 0 Å². The second-order valence-electron chi connectivity index (χ2n) is 5.65. The number of piperidine rings is 1. The molecule has 2 fully saturated rings. The van der Waals surface area contributed by atoms with Crippen molar-refractivity contribution in [3.8, 4) is 0 Å². The largest absolute Gasteiger partial charge is 0.395 e. The van der Waals surface area contributed by atoms with Crippen molar-refractivity contribution >= 4 is 0 Å². The van der Waals surface area contributed by atoms with Crippen molar-refractivity contribution in [1.29, 1.82) is 0 Å². The predicted octanol–water partition coefficient (Wildman–Crippen LogP) is 2.80. The molecule has 0 bridgehead atoms. The van der Waals surface area contributed by atoms with Crippen molar-refractivity contribution in [2.75, 3.05) is 13.2 Å². The first-order valence-corrected chi connectivity index (χ1v) is 7.21. The summed E-state index contributed by atoms with van der Waals surface area (Å²) in [6, 6.07) is 1.25. The zero-order valence-electron chi connectivity index (χ0n) is 10.7. The Bertz CT molecular complexity index is 199. The second kappa shape index (κ2) is 6.02. The molecular weight excluding hydrogens is 198 g/mol. The highest BCUT2D eigenvalue weighted by molar-refractivity contribution is 4.85. The zero-order valence-corrected chi connectivity index (χ0v) is 10.7. The van der Waals surface area contributed by atoms with E-state index in [1.165, 1.54) is 57.9 Å². The van der Waals surface area contributed by atoms with Gasteiger partial charge in [-0.2, -0.15) is 0 Å². The van der Waals surface area contributed by atoms with E-state index in [1.807, 2.05) is 0 Å². The minimum absolute atomic E-state index is 0.369. The van der Waals surface area contributed by atoms with E-state index in [-0.39, 0.29) is 0 Å². The zero-order chi connectivity index (χ0) is 11.4. The van der Waals surface area contributed by atoms with Gasteiger partial charge in [0.1, 0.15) is 0 Å². The molecule has 0 aromatic rings. The summed E-state index contributed by atoms with van der Waals surface area (Å²) < 4.78 is 0. The fraction of sp³-hybridized carbons (Fsp3) is 1.00. The lowest BCUT2D eigenvalue weighted by Crippen LogP contribution is -2.49. The van der Waals surface area contributed by atoms with Crippen LogP contribution in [0.4, 0.5) is 0 Å². The molecule has 0 spiro atoms. The molecule has 1 heterocycles. The highest BCUT2D eigenvalue weighted by Crippen LogP contribution is 2.32. The van der Waals surface area contributed by atoms with E-state index in [1.54, 1.807) is 0 Å². The first-order valence-electron chi connectivity index (χ1n) is 7.21. The molecule has 1 atom stereocenters. The number of hydrogen-bond donors (Lipinski definition) is 1. The fourth-order valence-electron chi connectivity index (χ4n) is 3.58. The van der Waals surface area contributed by atoms with Crippen LogP contribution in [0.5, 0.6) is 0 Å². The lowest BCUT2D eigenvalue weighted by Gasteiger charge is -2.43. The maximum atomic E-state index is 9.45. The molecular formula is C14H27NO. The quantitative estimate of drug-likeness (QED) is 0.798. The molecule has 0 radical (unpaired) electrons. The van der Waals surface area contributed by atoms with Crippen LogP contribution in [0.25, 0.3) is 0 Å². The van der Waals surface area contributed by atoms with Gasteiger partial charge in [0.05, 0.1) is 6.61 Å². The average Bonchev–Trinajstić information content (AvgIpc) is 2.39. The Labute approximate surface area is 100 Å². The van der Waals surface area contributed by atoms with Gasteiger partial charge in [0.2, 0.25) is 0 Å². The van der Waals surface area contributed by atoms with Gasteiger partial charge in [0, 0.05) is 12.1 Å². The van der Waals surface area contributed by atoms with Gasteiger partial charge in [-0.25, -0.2) is 0 Å². The van der Waals surface area contributed by atoms with E-state index >= 15 is 0 Å². The number of aliphatic hydroxyl groups excluding tert-OH is 1. The van der Waals surface area contributed by atoms with Crippen LogP contribution in [0.1, 0.15) is 58.3 Å². The van der Waals surface area contributed by atoms with E-state index in [9.17, 15) is 5.11 Å². The molecule has 0 aromatic heterocycles. The highest BCUT2D eigenvalue weighted by Gasteiger charge is 2.30. The maximum absolute atomic E-state index is 9.45. The van der Waals surface area contributed by atoms with Gasteiger partial charge in [-0.3, -0.25) is 4.90 Å². The Hall–Kier alpha value is -0.0800. The minimum atomic E-state index is 0.369. The molecule has 94 valence electrons. The first kappa shape index (κ1) is 12.4. The van der Waals surface area contributed by atoms with Crippen molar-refractivity contribution in [2.24, 2.45) is 5.92 Å². The Morgan fingerprint density at radius 2 is 1.81 bits per heavy atom. The van der Waals surface area contributed by atoms with Crippen LogP contribution in [-0.4, -0.2) is 35.2 Å². The summed E-state index contributed by atoms with van der Waals surface area (Å²) in [6.07, 6.45) is 10.8. The first-order chi connectivity index (χ1) is 7.85. The highest BCUT2D eigenvalue weighted by atomic mass is 16.3. The van der Waals surface area contributed by atoms with Crippen LogP contribution >= 0.6 is 0 Å². The smallest absolute Gasteiger partial charge is 0.0586 e. The van der Waals surface area contributed by atoms with Gasteiger partial charge in [-0.1, -0.05) is 19.8 Å². The molecule has 1 aliphatic heterocycles. The Morgan fingerprint density at radius 3 is 2.44 bits per heavy atom. The number of likely N-dealkylation sites (tertiary alicyclic amines) is 1. The van der Waals surface area contributed by atoms with Gasteiger partial charge >= 0.3 is 0 Å². The molecule has 0 amide bonds. The Kier molecular flexibility index (Phi) is 4.66. The molecule has 2 heteroatoms. The lowest BCUT2D eigenvalue weighted by atomic mass is 9.82. The Morgan fingerprint density at radius 1 is 1.06 bits per heavy atom. The third-order valence-corrected chi connectivity index (χ3v) is 4.75. The predicted molar refractivity (Wildman–Crippen MR) is 67.5 cm³/mol. The van der Waals surface area contributed by atoms with Crippen molar-refractivity contribution < 1.29 is 5.11 Å². The molecule has 1 saturated heterocycles. The normalized spacial score (nSPS) is 37.5. The van der Waals surface area contributed by atoms with Crippen molar-refractivity contribution in [1.82, 2.24) is 4.90 Å². The van der Waals surface area contributed by atoms with Crippen molar-refractivity contribution in [2.45, 2.75) is 70.4 Å². The standard InChI is InChI=1S/C14H27NO/c1-2-12-6-8-13(9-7-12)15-10-4-3-5-14(15)11-16/h12-14,16H,2-11H2,1H3/t12?,13?,14-/m0/s1. The Balaban J connectivity index is 1.86. The van der Waals surface area contributed by atoms with Crippen LogP contribution in [0, 0.1) is 5.92 Å². The maximum Gasteiger partial charge on any atom is 0.0586 e. The summed E-state index contributed by atoms with van der Waals surface area (Å²) >= 11 is 0. The van der Waals surface area contributed by atoms with Crippen LogP contribution in [0.3, 0.4) is 0 Å². The molecule has 0 unspecified atom stereocenters. The molecule has 1 aliphatic carbocycles. The van der Waals surface area contributed by atoms with Gasteiger partial charge in [-0.05, 0) is 51.0 Å². The third-order valence-electron chi connectivity index (χ3n) is 4.75. The summed E-state index contributed by atoms with van der Waals surface area (Å²) in [5, 5.41) is 9.45. The molecule has 2 nitrogen and oxygen atoms in total. The number of aliphatic hydroxyl groups is 1. The topological polar surface area (TPSA) is 23.5 Å². The van der Waals surface area contributed by atoms with Crippen LogP contribution < -0.4 is 0 Å². The van der Waals surface area contributed by atoms with E-state index in [2.05, 4.69) is 11.8 Å². The summed E-state index contributed by atoms with van der Waals surface area (Å²) in [5.41, 5.74) is 0. The fourth-order valence-corrected chi connectivity index (χ4v) is 3.58. The second-order valence-corrected chi connectivity index (χ2v) is 5.65. The van der Waals surface area contributed by atoms with Crippen molar-refractivity contribution in [3.05, 3.63) is 0 Å². The summed E-state index contributed by atoms with van der Waals surface area (Å²) in [5.74, 6) is 0.980. The number of hydrogen-bond acceptors (Lipinski definition) is 2. The summed E-state index contributed by atoms with van der Waals surface area (Å²) in [4.78, 5) is 2.62. The van der Waals surface area contributed by atoms with E-state index in [0.717, 1.165) is 12.0 Å². The number of rotatable bonds is 3. The van der Waals surface area contributed by atoms with Gasteiger partial charge < -0.3 is 5.11 Å². The molecule has 1 N–H and O–H groups in total. The van der Waals surface area contributed by atoms with Gasteiger partial charge in [0.15, 0.2) is 0 Å². The lowest BCUT2D eigenvalue weighted by molar-refractivity contribution is 0.0316. The monoisotopic (exact) mass is 225 g/mol. The van der Waals surface area contributed by atoms with Crippen molar-refractivity contribution in [3.63, 3.8) is 0 Å². The molecule has 2 rings (SSSR count). The SMILES string of the molecule is CCC1CCC(N2CCCC[C@H]2CO)CC1. The molecule has 16 heavy (non-hydrogen) atoms. The number of nitrogens with zero attached hydrogens (tertiary/aromatic N) is 1. The van der Waals surface area contributed by atoms with Crippen LogP contribution in [0.2, 0.25) is 0 Å². The van der Waals surface area contributed by atoms with Crippen LogP contribution in [-0.2, 0) is 0 Å². The minimum Gasteiger partial charge on any atom is -0.395 e. The molecule has 1 saturated carbocycles. The van der Waals surface area contributed by atoms with E-state index in [0.29, 0.717) is 12.6 Å². The molecule has 2 aliphatic rings. The molecule has 0 aromatic carbocycles. The van der Waals surface area contributed by atoms with Gasteiger partial charge in [-0.15, -0.1) is 0 Å². The third kappa shape index (κ3) is 2.78. The summed E-state index contributed by atoms with van der Waals surface area (Å²) in [7, 11) is 0. The van der Waals surface area contributed by atoms with Gasteiger partial charge in [0.25, 0.3) is 0 Å². The van der Waals surface area contributed by atoms with E-state index in [4.69, 9.17) is 0 Å². The summed E-state index contributed by atoms with van der Waals surface area (Å²) in [6.45, 7) is 3.92. The average molecular weight is 225 g/mol. The van der Waals surface area contributed by atoms with Crippen LogP contribution in [0.15, 0.2) is 0 Å².